The number of carbonyl (C=O) groups excluding carboxylic acids is 1. The maximum absolute atomic E-state index is 12.7. The Morgan fingerprint density at radius 3 is 2.42 bits per heavy atom. The number of benzene rings is 1. The molecule has 1 saturated heterocycles. The number of likely N-dealkylation sites (tertiary alicyclic amines) is 1. The van der Waals surface area contributed by atoms with Gasteiger partial charge in [0.05, 0.1) is 4.90 Å². The minimum Gasteiger partial charge on any atom is -0.481 e. The van der Waals surface area contributed by atoms with Crippen molar-refractivity contribution in [3.8, 4) is 0 Å². The molecule has 1 heterocycles. The number of hydrogen-bond donors (Lipinski definition) is 3. The molecule has 0 aliphatic carbocycles. The lowest BCUT2D eigenvalue weighted by atomic mass is 10.1. The number of sulfonamides is 1. The second-order valence-electron chi connectivity index (χ2n) is 5.95. The predicted octanol–water partition coefficient (Wildman–Crippen LogP) is 0.274. The summed E-state index contributed by atoms with van der Waals surface area (Å²) in [6.07, 6.45) is 0.0559. The number of aliphatic carboxylic acids is 2. The number of nitrogens with zero attached hydrogens (tertiary/aromatic N) is 1. The Hall–Kier alpha value is -2.46. The standard InChI is InChI=1S/C16H20N2O7S/c19-14(20)9-8-12(15(21)18-10-4-7-13(18)16(22)23)17-26(24,25)11-5-2-1-3-6-11/h1-3,5-6,12-13,17H,4,7-10H2,(H,19,20)(H,22,23)/t12-,13-/m0/s1. The third-order valence-corrected chi connectivity index (χ3v) is 5.60. The summed E-state index contributed by atoms with van der Waals surface area (Å²) in [5.41, 5.74) is 0. The highest BCUT2D eigenvalue weighted by atomic mass is 32.2. The van der Waals surface area contributed by atoms with E-state index < -0.39 is 46.4 Å². The Bertz CT molecular complexity index is 779. The zero-order valence-corrected chi connectivity index (χ0v) is 14.7. The Labute approximate surface area is 150 Å². The van der Waals surface area contributed by atoms with Gasteiger partial charge in [-0.3, -0.25) is 9.59 Å². The van der Waals surface area contributed by atoms with E-state index in [1.807, 2.05) is 0 Å². The maximum Gasteiger partial charge on any atom is 0.326 e. The summed E-state index contributed by atoms with van der Waals surface area (Å²) < 4.78 is 27.2. The SMILES string of the molecule is O=C(O)CC[C@H](NS(=O)(=O)c1ccccc1)C(=O)N1CCC[C@H]1C(=O)O. The molecule has 0 aromatic heterocycles. The molecule has 9 nitrogen and oxygen atoms in total. The fourth-order valence-corrected chi connectivity index (χ4v) is 4.09. The van der Waals surface area contributed by atoms with Crippen molar-refractivity contribution < 1.29 is 33.0 Å². The summed E-state index contributed by atoms with van der Waals surface area (Å²) in [6.45, 7) is 0.187. The van der Waals surface area contributed by atoms with E-state index in [0.717, 1.165) is 4.90 Å². The number of nitrogens with one attached hydrogen (secondary N) is 1. The maximum atomic E-state index is 12.7. The van der Waals surface area contributed by atoms with Gasteiger partial charge in [0.25, 0.3) is 0 Å². The highest BCUT2D eigenvalue weighted by molar-refractivity contribution is 7.89. The zero-order chi connectivity index (χ0) is 19.3. The van der Waals surface area contributed by atoms with Crippen LogP contribution in [0.15, 0.2) is 35.2 Å². The molecule has 1 fully saturated rings. The Morgan fingerprint density at radius 1 is 1.19 bits per heavy atom. The first-order chi connectivity index (χ1) is 12.2. The van der Waals surface area contributed by atoms with Crippen molar-refractivity contribution in [3.05, 3.63) is 30.3 Å². The highest BCUT2D eigenvalue weighted by Crippen LogP contribution is 2.20. The van der Waals surface area contributed by atoms with Gasteiger partial charge in [-0.05, 0) is 31.4 Å². The van der Waals surface area contributed by atoms with E-state index in [4.69, 9.17) is 5.11 Å². The van der Waals surface area contributed by atoms with E-state index in [1.165, 1.54) is 24.3 Å². The first-order valence-electron chi connectivity index (χ1n) is 8.05. The van der Waals surface area contributed by atoms with Gasteiger partial charge in [-0.2, -0.15) is 4.72 Å². The molecule has 0 unspecified atom stereocenters. The molecule has 1 amide bonds. The van der Waals surface area contributed by atoms with Gasteiger partial charge in [-0.1, -0.05) is 18.2 Å². The monoisotopic (exact) mass is 384 g/mol. The van der Waals surface area contributed by atoms with E-state index in [0.29, 0.717) is 6.42 Å². The minimum absolute atomic E-state index is 0.0654. The van der Waals surface area contributed by atoms with Crippen molar-refractivity contribution in [1.82, 2.24) is 9.62 Å². The normalized spacial score (nSPS) is 18.5. The quantitative estimate of drug-likeness (QED) is 0.584. The van der Waals surface area contributed by atoms with Gasteiger partial charge in [-0.15, -0.1) is 0 Å². The van der Waals surface area contributed by atoms with E-state index >= 15 is 0 Å². The largest absolute Gasteiger partial charge is 0.481 e. The summed E-state index contributed by atoms with van der Waals surface area (Å²) in [4.78, 5) is 35.9. The van der Waals surface area contributed by atoms with Crippen molar-refractivity contribution in [2.45, 2.75) is 42.7 Å². The van der Waals surface area contributed by atoms with Gasteiger partial charge in [0.1, 0.15) is 12.1 Å². The highest BCUT2D eigenvalue weighted by Gasteiger charge is 2.38. The summed E-state index contributed by atoms with van der Waals surface area (Å²) in [7, 11) is -4.06. The van der Waals surface area contributed by atoms with Crippen LogP contribution < -0.4 is 4.72 Å². The summed E-state index contributed by atoms with van der Waals surface area (Å²) in [5, 5.41) is 18.1. The van der Waals surface area contributed by atoms with E-state index in [-0.39, 0.29) is 24.3 Å². The van der Waals surface area contributed by atoms with Crippen LogP contribution in [0.25, 0.3) is 0 Å². The van der Waals surface area contributed by atoms with Crippen molar-refractivity contribution in [1.29, 1.82) is 0 Å². The van der Waals surface area contributed by atoms with Crippen LogP contribution in [-0.2, 0) is 24.4 Å². The van der Waals surface area contributed by atoms with E-state index in [1.54, 1.807) is 6.07 Å². The molecular formula is C16H20N2O7S. The number of carboxylic acid groups (broad SMARTS) is 2. The van der Waals surface area contributed by atoms with E-state index in [2.05, 4.69) is 4.72 Å². The van der Waals surface area contributed by atoms with Crippen LogP contribution >= 0.6 is 0 Å². The average Bonchev–Trinajstić information content (AvgIpc) is 3.08. The topological polar surface area (TPSA) is 141 Å². The number of hydrogen-bond acceptors (Lipinski definition) is 5. The molecule has 0 radical (unpaired) electrons. The molecule has 2 atom stereocenters. The molecule has 2 rings (SSSR count). The summed E-state index contributed by atoms with van der Waals surface area (Å²) in [6, 6.07) is 4.97. The van der Waals surface area contributed by atoms with Crippen molar-refractivity contribution in [3.63, 3.8) is 0 Å². The Kier molecular flexibility index (Phi) is 6.32. The van der Waals surface area contributed by atoms with Gasteiger partial charge in [0.2, 0.25) is 15.9 Å². The molecule has 0 bridgehead atoms. The molecule has 1 aromatic rings. The van der Waals surface area contributed by atoms with Crippen molar-refractivity contribution in [2.24, 2.45) is 0 Å². The second kappa shape index (κ2) is 8.28. The lowest BCUT2D eigenvalue weighted by molar-refractivity contribution is -0.149. The van der Waals surface area contributed by atoms with Crippen LogP contribution in [0.4, 0.5) is 0 Å². The molecular weight excluding hydrogens is 364 g/mol. The van der Waals surface area contributed by atoms with Gasteiger partial charge < -0.3 is 15.1 Å². The Balaban J connectivity index is 2.24. The molecule has 26 heavy (non-hydrogen) atoms. The molecule has 1 aliphatic rings. The number of rotatable bonds is 8. The number of amides is 1. The van der Waals surface area contributed by atoms with Gasteiger partial charge in [-0.25, -0.2) is 13.2 Å². The zero-order valence-electron chi connectivity index (χ0n) is 13.9. The predicted molar refractivity (Wildman–Crippen MR) is 89.8 cm³/mol. The van der Waals surface area contributed by atoms with Crippen LogP contribution in [0.1, 0.15) is 25.7 Å². The van der Waals surface area contributed by atoms with Crippen LogP contribution in [0, 0.1) is 0 Å². The van der Waals surface area contributed by atoms with Crippen molar-refractivity contribution in [2.75, 3.05) is 6.54 Å². The van der Waals surface area contributed by atoms with Crippen LogP contribution in [0.2, 0.25) is 0 Å². The Morgan fingerprint density at radius 2 is 1.85 bits per heavy atom. The van der Waals surface area contributed by atoms with Crippen molar-refractivity contribution >= 4 is 27.9 Å². The third-order valence-electron chi connectivity index (χ3n) is 4.12. The first-order valence-corrected chi connectivity index (χ1v) is 9.53. The molecule has 10 heteroatoms. The molecule has 0 saturated carbocycles. The molecule has 0 spiro atoms. The lowest BCUT2D eigenvalue weighted by Gasteiger charge is -2.27. The number of carbonyl (C=O) groups is 3. The summed E-state index contributed by atoms with van der Waals surface area (Å²) >= 11 is 0. The average molecular weight is 384 g/mol. The fraction of sp³-hybridized carbons (Fsp3) is 0.438. The van der Waals surface area contributed by atoms with Crippen LogP contribution in [0.3, 0.4) is 0 Å². The van der Waals surface area contributed by atoms with Gasteiger partial charge in [0.15, 0.2) is 0 Å². The van der Waals surface area contributed by atoms with Gasteiger partial charge in [0, 0.05) is 13.0 Å². The first kappa shape index (κ1) is 19.9. The van der Waals surface area contributed by atoms with E-state index in [9.17, 15) is 27.9 Å². The fourth-order valence-electron chi connectivity index (χ4n) is 2.84. The number of carboxylic acids is 2. The molecule has 1 aromatic carbocycles. The van der Waals surface area contributed by atoms with Gasteiger partial charge >= 0.3 is 11.9 Å². The van der Waals surface area contributed by atoms with Crippen LogP contribution in [-0.4, -0.2) is 60.0 Å². The second-order valence-corrected chi connectivity index (χ2v) is 7.66. The molecule has 1 aliphatic heterocycles. The minimum atomic E-state index is -4.06. The van der Waals surface area contributed by atoms with Crippen LogP contribution in [0.5, 0.6) is 0 Å². The lowest BCUT2D eigenvalue weighted by Crippen LogP contribution is -2.51. The molecule has 3 N–H and O–H groups in total. The molecule has 142 valence electrons. The smallest absolute Gasteiger partial charge is 0.326 e. The third kappa shape index (κ3) is 4.79. The summed E-state index contributed by atoms with van der Waals surface area (Å²) in [5.74, 6) is -3.08.